The van der Waals surface area contributed by atoms with Gasteiger partial charge in [0.05, 0.1) is 21.0 Å². The Morgan fingerprint density at radius 1 is 0.882 bits per heavy atom. The summed E-state index contributed by atoms with van der Waals surface area (Å²) in [6.45, 7) is 6.66. The summed E-state index contributed by atoms with van der Waals surface area (Å²) in [5, 5.41) is 0. The predicted molar refractivity (Wildman–Crippen MR) is 128 cm³/mol. The van der Waals surface area contributed by atoms with Crippen molar-refractivity contribution in [3.8, 4) is 5.75 Å². The first-order valence-corrected chi connectivity index (χ1v) is 14.4. The van der Waals surface area contributed by atoms with Crippen LogP contribution in [0.5, 0.6) is 5.75 Å². The fourth-order valence-electron chi connectivity index (χ4n) is 3.62. The smallest absolute Gasteiger partial charge is 0.257 e. The minimum atomic E-state index is -3.53. The van der Waals surface area contributed by atoms with Crippen molar-refractivity contribution in [3.05, 3.63) is 47.8 Å². The molecule has 0 radical (unpaired) electrons. The third-order valence-corrected chi connectivity index (χ3v) is 7.50. The van der Waals surface area contributed by atoms with Crippen LogP contribution in [0.15, 0.2) is 46.2 Å². The molecule has 0 bridgehead atoms. The molecule has 1 fully saturated rings. The molecule has 34 heavy (non-hydrogen) atoms. The SMILES string of the molecule is CC(C)(C)Oc1ccc(S(C)(=O)=O)cc1C(=O)N1CCN(c2ccc(S(C)(=O)=O)cc2F)CC1. The van der Waals surface area contributed by atoms with Gasteiger partial charge in [0.1, 0.15) is 17.2 Å². The van der Waals surface area contributed by atoms with Crippen molar-refractivity contribution in [3.63, 3.8) is 0 Å². The highest BCUT2D eigenvalue weighted by molar-refractivity contribution is 7.91. The molecule has 0 atom stereocenters. The van der Waals surface area contributed by atoms with Gasteiger partial charge in [-0.3, -0.25) is 4.79 Å². The maximum atomic E-state index is 14.6. The molecule has 1 aliphatic heterocycles. The van der Waals surface area contributed by atoms with Crippen LogP contribution >= 0.6 is 0 Å². The van der Waals surface area contributed by atoms with E-state index in [9.17, 15) is 26.0 Å². The largest absolute Gasteiger partial charge is 0.487 e. The first-order valence-electron chi connectivity index (χ1n) is 10.6. The van der Waals surface area contributed by atoms with Gasteiger partial charge < -0.3 is 14.5 Å². The summed E-state index contributed by atoms with van der Waals surface area (Å²) in [5.41, 5.74) is -0.194. The van der Waals surface area contributed by atoms with Gasteiger partial charge in [-0.1, -0.05) is 0 Å². The molecule has 8 nitrogen and oxygen atoms in total. The number of nitrogens with zero attached hydrogens (tertiary/aromatic N) is 2. The van der Waals surface area contributed by atoms with Crippen LogP contribution in [-0.2, 0) is 19.7 Å². The van der Waals surface area contributed by atoms with E-state index in [0.717, 1.165) is 18.6 Å². The van der Waals surface area contributed by atoms with Gasteiger partial charge in [0.15, 0.2) is 19.7 Å². The molecule has 2 aromatic carbocycles. The summed E-state index contributed by atoms with van der Waals surface area (Å²) in [5.74, 6) is -0.739. The molecule has 0 N–H and O–H groups in total. The van der Waals surface area contributed by atoms with Crippen molar-refractivity contribution in [2.45, 2.75) is 36.2 Å². The number of sulfone groups is 2. The molecule has 186 valence electrons. The third-order valence-electron chi connectivity index (χ3n) is 5.28. The monoisotopic (exact) mass is 512 g/mol. The highest BCUT2D eigenvalue weighted by atomic mass is 32.2. The van der Waals surface area contributed by atoms with E-state index in [0.29, 0.717) is 13.1 Å². The van der Waals surface area contributed by atoms with E-state index < -0.39 is 31.1 Å². The topological polar surface area (TPSA) is 101 Å². The Bertz CT molecular complexity index is 1310. The molecule has 0 spiro atoms. The first-order chi connectivity index (χ1) is 15.6. The maximum absolute atomic E-state index is 14.6. The lowest BCUT2D eigenvalue weighted by Gasteiger charge is -2.36. The number of ether oxygens (including phenoxy) is 1. The van der Waals surface area contributed by atoms with Gasteiger partial charge in [0.2, 0.25) is 0 Å². The number of anilines is 1. The van der Waals surface area contributed by atoms with Gasteiger partial charge >= 0.3 is 0 Å². The zero-order chi connectivity index (χ0) is 25.5. The van der Waals surface area contributed by atoms with Gasteiger partial charge in [-0.05, 0) is 57.2 Å². The summed E-state index contributed by atoms with van der Waals surface area (Å²) in [6, 6.07) is 8.01. The van der Waals surface area contributed by atoms with E-state index in [1.54, 1.807) is 9.80 Å². The normalized spacial score (nSPS) is 15.4. The lowest BCUT2D eigenvalue weighted by molar-refractivity contribution is 0.0730. The molecule has 0 aromatic heterocycles. The fraction of sp³-hybridized carbons (Fsp3) is 0.435. The lowest BCUT2D eigenvalue weighted by Crippen LogP contribution is -2.49. The van der Waals surface area contributed by atoms with Gasteiger partial charge in [-0.25, -0.2) is 21.2 Å². The van der Waals surface area contributed by atoms with Crippen molar-refractivity contribution in [2.75, 3.05) is 43.6 Å². The van der Waals surface area contributed by atoms with Crippen LogP contribution in [-0.4, -0.2) is 71.9 Å². The highest BCUT2D eigenvalue weighted by Gasteiger charge is 2.28. The van der Waals surface area contributed by atoms with Crippen LogP contribution < -0.4 is 9.64 Å². The Labute approximate surface area is 200 Å². The number of piperazine rings is 1. The van der Waals surface area contributed by atoms with Gasteiger partial charge in [-0.2, -0.15) is 0 Å². The second-order valence-corrected chi connectivity index (χ2v) is 13.3. The van der Waals surface area contributed by atoms with Crippen molar-refractivity contribution >= 4 is 31.3 Å². The standard InChI is InChI=1S/C23H29FN2O6S2/c1-23(2,3)32-21-9-7-16(33(4,28)29)14-18(21)22(27)26-12-10-25(11-13-26)20-8-6-17(15-19(20)24)34(5,30)31/h6-9,14-15H,10-13H2,1-5H3. The minimum Gasteiger partial charge on any atom is -0.487 e. The Morgan fingerprint density at radius 2 is 1.41 bits per heavy atom. The minimum absolute atomic E-state index is 0.0174. The number of halogens is 1. The molecule has 0 saturated carbocycles. The first kappa shape index (κ1) is 26.0. The van der Waals surface area contributed by atoms with E-state index in [-0.39, 0.29) is 45.8 Å². The summed E-state index contributed by atoms with van der Waals surface area (Å²) in [4.78, 5) is 16.6. The van der Waals surface area contributed by atoms with Crippen LogP contribution in [0.25, 0.3) is 0 Å². The molecule has 1 amide bonds. The van der Waals surface area contributed by atoms with Crippen LogP contribution in [0.2, 0.25) is 0 Å². The molecule has 1 saturated heterocycles. The third kappa shape index (κ3) is 6.06. The second kappa shape index (κ2) is 9.18. The molecular formula is C23H29FN2O6S2. The number of hydrogen-bond acceptors (Lipinski definition) is 7. The molecule has 2 aromatic rings. The molecule has 1 heterocycles. The number of benzene rings is 2. The van der Waals surface area contributed by atoms with E-state index in [1.807, 2.05) is 20.8 Å². The molecule has 0 unspecified atom stereocenters. The molecular weight excluding hydrogens is 483 g/mol. The molecule has 1 aliphatic rings. The molecule has 3 rings (SSSR count). The van der Waals surface area contributed by atoms with Crippen molar-refractivity contribution < 1.29 is 30.8 Å². The second-order valence-electron chi connectivity index (χ2n) is 9.31. The number of amides is 1. The van der Waals surface area contributed by atoms with Crippen LogP contribution in [0.3, 0.4) is 0 Å². The van der Waals surface area contributed by atoms with Gasteiger partial charge in [-0.15, -0.1) is 0 Å². The number of carbonyl (C=O) groups is 1. The van der Waals surface area contributed by atoms with E-state index in [2.05, 4.69) is 0 Å². The van der Waals surface area contributed by atoms with Crippen LogP contribution in [0.1, 0.15) is 31.1 Å². The van der Waals surface area contributed by atoms with Gasteiger partial charge in [0, 0.05) is 38.7 Å². The quantitative estimate of drug-likeness (QED) is 0.607. The molecule has 0 aliphatic carbocycles. The average molecular weight is 513 g/mol. The predicted octanol–water partition coefficient (Wildman–Crippen LogP) is 2.77. The maximum Gasteiger partial charge on any atom is 0.257 e. The number of rotatable bonds is 5. The van der Waals surface area contributed by atoms with Gasteiger partial charge in [0.25, 0.3) is 5.91 Å². The van der Waals surface area contributed by atoms with Crippen molar-refractivity contribution in [1.82, 2.24) is 4.90 Å². The Balaban J connectivity index is 1.83. The number of hydrogen-bond donors (Lipinski definition) is 0. The summed E-state index contributed by atoms with van der Waals surface area (Å²) >= 11 is 0. The summed E-state index contributed by atoms with van der Waals surface area (Å²) < 4.78 is 67.9. The highest BCUT2D eigenvalue weighted by Crippen LogP contribution is 2.29. The summed E-state index contributed by atoms with van der Waals surface area (Å²) in [7, 11) is -7.05. The van der Waals surface area contributed by atoms with E-state index >= 15 is 0 Å². The van der Waals surface area contributed by atoms with Crippen molar-refractivity contribution in [1.29, 1.82) is 0 Å². The Hall–Kier alpha value is -2.66. The van der Waals surface area contributed by atoms with E-state index in [4.69, 9.17) is 4.74 Å². The van der Waals surface area contributed by atoms with Crippen molar-refractivity contribution in [2.24, 2.45) is 0 Å². The van der Waals surface area contributed by atoms with Crippen LogP contribution in [0, 0.1) is 5.82 Å². The number of carbonyl (C=O) groups excluding carboxylic acids is 1. The zero-order valence-corrected chi connectivity index (χ0v) is 21.5. The fourth-order valence-corrected chi connectivity index (χ4v) is 4.90. The Kier molecular flexibility index (Phi) is 7.01. The lowest BCUT2D eigenvalue weighted by atomic mass is 10.1. The van der Waals surface area contributed by atoms with E-state index in [1.165, 1.54) is 30.3 Å². The molecule has 11 heteroatoms. The zero-order valence-electron chi connectivity index (χ0n) is 19.8. The van der Waals surface area contributed by atoms with Crippen LogP contribution in [0.4, 0.5) is 10.1 Å². The Morgan fingerprint density at radius 3 is 1.91 bits per heavy atom. The average Bonchev–Trinajstić information content (AvgIpc) is 2.71. The summed E-state index contributed by atoms with van der Waals surface area (Å²) in [6.07, 6.45) is 2.09.